The number of hydrogen-bond acceptors (Lipinski definition) is 14. The number of piperidine rings is 1. The molecule has 18 heteroatoms. The summed E-state index contributed by atoms with van der Waals surface area (Å²) in [6, 6.07) is 2.90. The number of carbonyl (C=O) groups excluding carboxylic acids is 6. The lowest BCUT2D eigenvalue weighted by Crippen LogP contribution is -2.71. The molecule has 3 saturated heterocycles. The van der Waals surface area contributed by atoms with E-state index in [1.807, 2.05) is 52.8 Å². The van der Waals surface area contributed by atoms with Crippen molar-refractivity contribution in [3.8, 4) is 5.75 Å². The average Bonchev–Trinajstić information content (AvgIpc) is 3.51. The van der Waals surface area contributed by atoms with Crippen LogP contribution in [0.25, 0.3) is 0 Å². The number of aliphatic hydroxyl groups excluding tert-OH is 4. The molecular formula is C60H91N5O13. The van der Waals surface area contributed by atoms with Crippen molar-refractivity contribution in [2.45, 2.75) is 200 Å². The number of ketones is 1. The number of aromatic hydroxyl groups is 1. The van der Waals surface area contributed by atoms with Crippen LogP contribution in [0.1, 0.15) is 139 Å². The van der Waals surface area contributed by atoms with Crippen LogP contribution in [-0.2, 0) is 44.7 Å². The van der Waals surface area contributed by atoms with Crippen LogP contribution in [0.3, 0.4) is 0 Å². The number of allylic oxidation sites excluding steroid dienone is 5. The number of carbonyl (C=O) groups is 6. The van der Waals surface area contributed by atoms with Crippen LogP contribution < -0.4 is 21.4 Å². The molecule has 4 heterocycles. The van der Waals surface area contributed by atoms with Gasteiger partial charge in [0.2, 0.25) is 17.7 Å². The first-order chi connectivity index (χ1) is 36.9. The SMILES string of the molecule is CC[C@H]1C[C@H](C)[C@@]2(NC1=O)O[C@@H](C[C@H](O)[C@@H](C)CC/C=C/C=C(\C)[C@@H]1C/C=C\C=C/[C@H](O)[C@H](C)[C@@H](O)[C@@H](CCC(C)=O)C(=O)N[C@@H](C(C)C)C(=O)N[C@@H](Cc3cccc(O)c3)C(=O)N3CCC[C@H](N3)C(=O)O1)[C@H](C)[C@H](O)[C@@H]2C. The molecule has 2 bridgehead atoms. The number of nitrogens with one attached hydrogen (secondary N) is 4. The Morgan fingerprint density at radius 1 is 0.949 bits per heavy atom. The summed E-state index contributed by atoms with van der Waals surface area (Å²) in [6.07, 6.45) is 10.6. The number of esters is 1. The van der Waals surface area contributed by atoms with Gasteiger partial charge in [0.1, 0.15) is 41.5 Å². The Balaban J connectivity index is 1.35. The van der Waals surface area contributed by atoms with Crippen molar-refractivity contribution in [1.29, 1.82) is 0 Å². The van der Waals surface area contributed by atoms with E-state index >= 15 is 0 Å². The highest BCUT2D eigenvalue weighted by molar-refractivity contribution is 5.93. The molecule has 17 atom stereocenters. The summed E-state index contributed by atoms with van der Waals surface area (Å²) in [7, 11) is 0. The molecule has 0 aliphatic carbocycles. The monoisotopic (exact) mass is 1090 g/mol. The van der Waals surface area contributed by atoms with E-state index in [0.717, 1.165) is 6.42 Å². The van der Waals surface area contributed by atoms with Gasteiger partial charge in [0.05, 0.1) is 36.4 Å². The molecule has 1 aromatic rings. The smallest absolute Gasteiger partial charge is 0.325 e. The van der Waals surface area contributed by atoms with E-state index in [2.05, 4.69) is 28.3 Å². The van der Waals surface area contributed by atoms with E-state index in [4.69, 9.17) is 9.47 Å². The molecule has 434 valence electrons. The number of hydrazine groups is 1. The van der Waals surface area contributed by atoms with Crippen molar-refractivity contribution in [3.63, 3.8) is 0 Å². The van der Waals surface area contributed by atoms with Crippen LogP contribution in [0.4, 0.5) is 0 Å². The van der Waals surface area contributed by atoms with Gasteiger partial charge in [-0.1, -0.05) is 110 Å². The summed E-state index contributed by atoms with van der Waals surface area (Å²) < 4.78 is 12.9. The Hall–Kier alpha value is -5.24. The molecule has 0 saturated carbocycles. The molecule has 3 fully saturated rings. The second kappa shape index (κ2) is 29.3. The average molecular weight is 1090 g/mol. The Bertz CT molecular complexity index is 2340. The number of fused-ring (bicyclic) bond motifs is 2. The third kappa shape index (κ3) is 16.7. The van der Waals surface area contributed by atoms with Gasteiger partial charge in [-0.05, 0) is 93.9 Å². The first-order valence-corrected chi connectivity index (χ1v) is 28.4. The van der Waals surface area contributed by atoms with E-state index in [1.165, 1.54) is 30.1 Å². The van der Waals surface area contributed by atoms with Gasteiger partial charge in [0.25, 0.3) is 5.91 Å². The molecule has 4 amide bonds. The predicted molar refractivity (Wildman–Crippen MR) is 295 cm³/mol. The standard InChI is InChI=1S/C60H91N5O13/c1-11-43-30-37(6)60(63-55(43)72)41(10)53(70)40(9)51(78-60)33-49(69)35(4)20-14-12-15-21-36(5)50-26-17-13-16-25-48(68)39(8)54(71)45(28-27-38(7)66)56(73)62-52(34(2)3)57(74)61-47(32-42-22-18-23-44(67)31-42)58(75)65-29-19-24-46(64-65)59(76)77-50/h12-13,15-18,21-23,25,31,34-35,37,39-41,43,45-54,64,67-71H,11,14,19-20,24,26-30,32-33H2,1-10H3,(H,61,74)(H,62,73)(H,63,72)/b15-12+,17-13-,25-16-,36-21+/t35-,37-,39-,40-,41-,43-,45+,46-,47-,48-,49-,50-,51-,52-,53-,54+,60+/m0/s1. The van der Waals surface area contributed by atoms with Gasteiger partial charge in [-0.2, -0.15) is 0 Å². The normalized spacial score (nSPS) is 34.9. The van der Waals surface area contributed by atoms with E-state index in [1.54, 1.807) is 51.1 Å². The minimum absolute atomic E-state index is 0.0254. The van der Waals surface area contributed by atoms with Crippen molar-refractivity contribution in [3.05, 3.63) is 77.9 Å². The molecule has 9 N–H and O–H groups in total. The summed E-state index contributed by atoms with van der Waals surface area (Å²) >= 11 is 0. The molecule has 78 heavy (non-hydrogen) atoms. The van der Waals surface area contributed by atoms with Gasteiger partial charge in [0.15, 0.2) is 0 Å². The molecule has 0 unspecified atom stereocenters. The Morgan fingerprint density at radius 2 is 1.68 bits per heavy atom. The number of phenols is 1. The van der Waals surface area contributed by atoms with Crippen molar-refractivity contribution < 1.29 is 63.8 Å². The second-order valence-electron chi connectivity index (χ2n) is 23.2. The number of nitrogens with zero attached hydrogens (tertiary/aromatic N) is 1. The van der Waals surface area contributed by atoms with E-state index in [9.17, 15) is 54.3 Å². The van der Waals surface area contributed by atoms with Gasteiger partial charge in [0, 0.05) is 61.8 Å². The summed E-state index contributed by atoms with van der Waals surface area (Å²) in [5, 5.41) is 66.1. The number of benzene rings is 1. The Labute approximate surface area is 461 Å². The zero-order valence-electron chi connectivity index (χ0n) is 47.6. The van der Waals surface area contributed by atoms with Gasteiger partial charge < -0.3 is 55.8 Å². The first kappa shape index (κ1) is 63.6. The third-order valence-electron chi connectivity index (χ3n) is 16.9. The molecule has 1 spiro atoms. The van der Waals surface area contributed by atoms with E-state index in [0.29, 0.717) is 49.7 Å². The molecular weight excluding hydrogens is 999 g/mol. The fourth-order valence-corrected chi connectivity index (χ4v) is 11.3. The zero-order chi connectivity index (χ0) is 57.6. The number of rotatable bonds is 15. The van der Waals surface area contributed by atoms with Crippen LogP contribution >= 0.6 is 0 Å². The second-order valence-corrected chi connectivity index (χ2v) is 23.2. The maximum atomic E-state index is 14.5. The van der Waals surface area contributed by atoms with Crippen LogP contribution in [-0.4, -0.2) is 133 Å². The first-order valence-electron chi connectivity index (χ1n) is 28.4. The van der Waals surface area contributed by atoms with Crippen molar-refractivity contribution in [1.82, 2.24) is 26.4 Å². The maximum Gasteiger partial charge on any atom is 0.325 e. The number of hydrogen-bond donors (Lipinski definition) is 9. The van der Waals surface area contributed by atoms with E-state index < -0.39 is 102 Å². The fraction of sp³-hybridized carbons (Fsp3) is 0.667. The highest BCUT2D eigenvalue weighted by Gasteiger charge is 2.57. The summed E-state index contributed by atoms with van der Waals surface area (Å²) in [5.41, 5.74) is 3.27. The van der Waals surface area contributed by atoms with Crippen LogP contribution in [0, 0.1) is 47.3 Å². The molecule has 5 rings (SSSR count). The quantitative estimate of drug-likeness (QED) is 0.0786. The molecule has 0 aromatic heterocycles. The Morgan fingerprint density at radius 3 is 2.36 bits per heavy atom. The topological polar surface area (TPSA) is 273 Å². The van der Waals surface area contributed by atoms with E-state index in [-0.39, 0.29) is 79.3 Å². The third-order valence-corrected chi connectivity index (χ3v) is 16.9. The fourth-order valence-electron chi connectivity index (χ4n) is 11.3. The maximum absolute atomic E-state index is 14.5. The van der Waals surface area contributed by atoms with Crippen molar-refractivity contribution >= 4 is 35.4 Å². The van der Waals surface area contributed by atoms with Crippen molar-refractivity contribution in [2.24, 2.45) is 47.3 Å². The lowest BCUT2D eigenvalue weighted by Gasteiger charge is -2.56. The zero-order valence-corrected chi connectivity index (χ0v) is 47.6. The minimum atomic E-state index is -1.43. The van der Waals surface area contributed by atoms with Gasteiger partial charge >= 0.3 is 5.97 Å². The molecule has 4 aliphatic rings. The largest absolute Gasteiger partial charge is 0.508 e. The predicted octanol–water partition coefficient (Wildman–Crippen LogP) is 5.41. The number of cyclic esters (lactones) is 1. The molecule has 4 aliphatic heterocycles. The van der Waals surface area contributed by atoms with Crippen molar-refractivity contribution in [2.75, 3.05) is 6.54 Å². The summed E-state index contributed by atoms with van der Waals surface area (Å²) in [5.74, 6) is -6.33. The highest BCUT2D eigenvalue weighted by Crippen LogP contribution is 2.46. The van der Waals surface area contributed by atoms with Gasteiger partial charge in [-0.3, -0.25) is 29.0 Å². The highest BCUT2D eigenvalue weighted by atomic mass is 16.5. The van der Waals surface area contributed by atoms with Gasteiger partial charge in [-0.15, -0.1) is 0 Å². The number of ether oxygens (including phenoxy) is 2. The van der Waals surface area contributed by atoms with Crippen LogP contribution in [0.2, 0.25) is 0 Å². The summed E-state index contributed by atoms with van der Waals surface area (Å²) in [6.45, 7) is 18.3. The molecule has 0 radical (unpaired) electrons. The Kier molecular flexibility index (Phi) is 23.9. The number of phenolic OH excluding ortho intramolecular Hbond substituents is 1. The van der Waals surface area contributed by atoms with Crippen LogP contribution in [0.5, 0.6) is 5.75 Å². The number of Topliss-reactive ketones (excluding diaryl/α,β-unsaturated/α-hetero) is 1. The number of amides is 4. The summed E-state index contributed by atoms with van der Waals surface area (Å²) in [4.78, 5) is 82.2. The van der Waals surface area contributed by atoms with Gasteiger partial charge in [-0.25, -0.2) is 5.43 Å². The molecule has 18 nitrogen and oxygen atoms in total. The lowest BCUT2D eigenvalue weighted by molar-refractivity contribution is -0.267. The number of aliphatic hydroxyl groups is 4. The minimum Gasteiger partial charge on any atom is -0.508 e. The lowest BCUT2D eigenvalue weighted by atomic mass is 9.69. The molecule has 1 aromatic carbocycles. The van der Waals surface area contributed by atoms with Crippen LogP contribution in [0.15, 0.2) is 72.4 Å².